The van der Waals surface area contributed by atoms with Crippen molar-refractivity contribution in [3.63, 3.8) is 0 Å². The number of piperidine rings is 1. The molecule has 8 heteroatoms. The Hall–Kier alpha value is -3.06. The molecule has 2 aliphatic carbocycles. The van der Waals surface area contributed by atoms with Gasteiger partial charge >= 0.3 is 0 Å². The molecule has 3 aliphatic rings. The van der Waals surface area contributed by atoms with E-state index in [0.29, 0.717) is 28.0 Å². The van der Waals surface area contributed by atoms with E-state index in [4.69, 9.17) is 11.6 Å². The van der Waals surface area contributed by atoms with Crippen LogP contribution in [-0.4, -0.2) is 49.4 Å². The molecule has 1 amide bonds. The summed E-state index contributed by atoms with van der Waals surface area (Å²) in [5.41, 5.74) is 2.33. The number of rotatable bonds is 4. The largest absolute Gasteiger partial charge is 0.365 e. The molecular weight excluding hydrogens is 412 g/mol. The minimum Gasteiger partial charge on any atom is -0.365 e. The Morgan fingerprint density at radius 1 is 1.16 bits per heavy atom. The second kappa shape index (κ2) is 6.72. The molecule has 0 radical (unpaired) electrons. The number of nitrogens with one attached hydrogen (secondary N) is 1. The summed E-state index contributed by atoms with van der Waals surface area (Å²) in [6.45, 7) is 2.74. The number of aryl methyl sites for hydroxylation is 1. The average Bonchev–Trinajstić information content (AvgIpc) is 3.43. The minimum atomic E-state index is -0.0467. The van der Waals surface area contributed by atoms with Crippen LogP contribution in [0.25, 0.3) is 11.4 Å². The van der Waals surface area contributed by atoms with E-state index in [9.17, 15) is 4.79 Å². The van der Waals surface area contributed by atoms with Crippen LogP contribution in [0.3, 0.4) is 0 Å². The molecule has 1 saturated heterocycles. The number of carbonyl (C=O) groups is 1. The van der Waals surface area contributed by atoms with Crippen LogP contribution in [0.5, 0.6) is 0 Å². The zero-order valence-corrected chi connectivity index (χ0v) is 17.8. The number of anilines is 1. The highest BCUT2D eigenvalue weighted by molar-refractivity contribution is 6.30. The molecule has 1 aliphatic heterocycles. The lowest BCUT2D eigenvalue weighted by Crippen LogP contribution is -2.60. The molecule has 1 N–H and O–H groups in total. The fraction of sp³-hybridized carbons (Fsp3) is 0.348. The number of pyridine rings is 2. The Bertz CT molecular complexity index is 1170. The third-order valence-corrected chi connectivity index (χ3v) is 7.18. The van der Waals surface area contributed by atoms with Crippen LogP contribution < -0.4 is 5.32 Å². The number of likely N-dealkylation sites (tertiary alicyclic amines) is 1. The molecule has 4 unspecified atom stereocenters. The first-order valence-corrected chi connectivity index (χ1v) is 10.9. The molecule has 31 heavy (non-hydrogen) atoms. The molecular formula is C23H21ClN6O. The number of hydrogen-bond donors (Lipinski definition) is 1. The monoisotopic (exact) mass is 432 g/mol. The molecule has 2 saturated carbocycles. The van der Waals surface area contributed by atoms with E-state index in [1.807, 2.05) is 30.0 Å². The molecule has 1 spiro atoms. The van der Waals surface area contributed by atoms with Gasteiger partial charge in [0, 0.05) is 37.4 Å². The van der Waals surface area contributed by atoms with Crippen molar-refractivity contribution in [2.24, 2.45) is 11.3 Å². The van der Waals surface area contributed by atoms with Gasteiger partial charge in [-0.05, 0) is 60.9 Å². The number of aromatic nitrogens is 4. The molecule has 4 atom stereocenters. The zero-order chi connectivity index (χ0) is 21.2. The molecule has 6 rings (SSSR count). The van der Waals surface area contributed by atoms with Crippen LogP contribution in [0.1, 0.15) is 28.9 Å². The summed E-state index contributed by atoms with van der Waals surface area (Å²) in [7, 11) is 0. The number of carbonyl (C=O) groups excluding carboxylic acids is 1. The molecule has 4 heterocycles. The molecule has 3 aromatic heterocycles. The number of nitrogens with zero attached hydrogens (tertiary/aromatic N) is 5. The molecule has 7 nitrogen and oxygen atoms in total. The second-order valence-corrected chi connectivity index (χ2v) is 9.27. The van der Waals surface area contributed by atoms with Crippen molar-refractivity contribution in [2.45, 2.75) is 31.8 Å². The first-order valence-electron chi connectivity index (χ1n) is 10.5. The minimum absolute atomic E-state index is 0.0467. The lowest BCUT2D eigenvalue weighted by molar-refractivity contribution is 0.0467. The van der Waals surface area contributed by atoms with Gasteiger partial charge in [-0.3, -0.25) is 9.78 Å². The van der Waals surface area contributed by atoms with Crippen molar-refractivity contribution in [2.75, 3.05) is 11.9 Å². The first kappa shape index (κ1) is 18.7. The maximum atomic E-state index is 13.7. The predicted octanol–water partition coefficient (Wildman–Crippen LogP) is 3.61. The second-order valence-electron chi connectivity index (χ2n) is 8.83. The standard InChI is InChI=1S/C23H21ClN6O/c1-13-7-16(21-25-5-2-6-26-21)19(28-10-13)22(31)30-12-14-8-23(14)9-17(20(23)30)29-18-4-3-15(24)11-27-18/h2-7,10-11,14,17,20H,8-9,12H2,1H3,(H,27,29). The fourth-order valence-electron chi connectivity index (χ4n) is 5.49. The van der Waals surface area contributed by atoms with Gasteiger partial charge in [0.1, 0.15) is 11.5 Å². The van der Waals surface area contributed by atoms with Gasteiger partial charge in [0.2, 0.25) is 0 Å². The predicted molar refractivity (Wildman–Crippen MR) is 117 cm³/mol. The summed E-state index contributed by atoms with van der Waals surface area (Å²) in [6, 6.07) is 7.73. The third kappa shape index (κ3) is 2.91. The number of amides is 1. The normalized spacial score (nSPS) is 27.8. The summed E-state index contributed by atoms with van der Waals surface area (Å²) in [4.78, 5) is 33.3. The smallest absolute Gasteiger partial charge is 0.273 e. The van der Waals surface area contributed by atoms with Crippen LogP contribution in [0.2, 0.25) is 5.02 Å². The number of halogens is 1. The van der Waals surface area contributed by atoms with Gasteiger partial charge in [-0.25, -0.2) is 15.0 Å². The summed E-state index contributed by atoms with van der Waals surface area (Å²) in [5.74, 6) is 1.84. The Morgan fingerprint density at radius 3 is 2.77 bits per heavy atom. The third-order valence-electron chi connectivity index (χ3n) is 6.96. The van der Waals surface area contributed by atoms with Crippen molar-refractivity contribution in [1.29, 1.82) is 0 Å². The average molecular weight is 433 g/mol. The van der Waals surface area contributed by atoms with Gasteiger partial charge in [0.05, 0.1) is 16.6 Å². The van der Waals surface area contributed by atoms with Gasteiger partial charge < -0.3 is 10.2 Å². The highest BCUT2D eigenvalue weighted by Crippen LogP contribution is 2.71. The quantitative estimate of drug-likeness (QED) is 0.678. The summed E-state index contributed by atoms with van der Waals surface area (Å²) < 4.78 is 0. The van der Waals surface area contributed by atoms with Gasteiger partial charge in [0.15, 0.2) is 5.82 Å². The Labute approximate surface area is 184 Å². The maximum absolute atomic E-state index is 13.7. The van der Waals surface area contributed by atoms with Gasteiger partial charge in [-0.15, -0.1) is 0 Å². The van der Waals surface area contributed by atoms with Crippen molar-refractivity contribution in [3.05, 3.63) is 65.3 Å². The zero-order valence-electron chi connectivity index (χ0n) is 17.0. The first-order chi connectivity index (χ1) is 15.0. The van der Waals surface area contributed by atoms with Crippen LogP contribution in [0.4, 0.5) is 5.82 Å². The molecule has 0 aromatic carbocycles. The van der Waals surface area contributed by atoms with Gasteiger partial charge in [0.25, 0.3) is 5.91 Å². The Kier molecular flexibility index (Phi) is 4.05. The van der Waals surface area contributed by atoms with Crippen molar-refractivity contribution in [3.8, 4) is 11.4 Å². The van der Waals surface area contributed by atoms with Gasteiger partial charge in [-0.1, -0.05) is 11.6 Å². The van der Waals surface area contributed by atoms with E-state index >= 15 is 0 Å². The Morgan fingerprint density at radius 2 is 2.00 bits per heavy atom. The lowest BCUT2D eigenvalue weighted by atomic mass is 9.71. The van der Waals surface area contributed by atoms with Crippen molar-refractivity contribution in [1.82, 2.24) is 24.8 Å². The highest BCUT2D eigenvalue weighted by atomic mass is 35.5. The van der Waals surface area contributed by atoms with Crippen molar-refractivity contribution < 1.29 is 4.79 Å². The van der Waals surface area contributed by atoms with Gasteiger partial charge in [-0.2, -0.15) is 0 Å². The Balaban J connectivity index is 1.30. The molecule has 3 fully saturated rings. The van der Waals surface area contributed by atoms with E-state index in [1.165, 1.54) is 6.42 Å². The SMILES string of the molecule is Cc1cnc(C(=O)N2CC3CC34CC(Nc3ccc(Cl)cn3)C24)c(-c2ncccn2)c1. The fourth-order valence-corrected chi connectivity index (χ4v) is 5.61. The number of hydrogen-bond acceptors (Lipinski definition) is 6. The molecule has 3 aromatic rings. The van der Waals surface area contributed by atoms with E-state index in [-0.39, 0.29) is 23.4 Å². The summed E-state index contributed by atoms with van der Waals surface area (Å²) in [6.07, 6.45) is 9.00. The lowest BCUT2D eigenvalue weighted by Gasteiger charge is -2.48. The topological polar surface area (TPSA) is 83.9 Å². The van der Waals surface area contributed by atoms with Crippen LogP contribution in [0, 0.1) is 18.3 Å². The highest BCUT2D eigenvalue weighted by Gasteiger charge is 2.75. The maximum Gasteiger partial charge on any atom is 0.273 e. The molecule has 156 valence electrons. The van der Waals surface area contributed by atoms with E-state index in [1.54, 1.807) is 30.9 Å². The van der Waals surface area contributed by atoms with Crippen molar-refractivity contribution >= 4 is 23.3 Å². The summed E-state index contributed by atoms with van der Waals surface area (Å²) in [5, 5.41) is 4.12. The van der Waals surface area contributed by atoms with E-state index in [0.717, 1.165) is 24.3 Å². The van der Waals surface area contributed by atoms with E-state index in [2.05, 4.69) is 25.3 Å². The van der Waals surface area contributed by atoms with Crippen LogP contribution >= 0.6 is 11.6 Å². The van der Waals surface area contributed by atoms with Crippen LogP contribution in [-0.2, 0) is 0 Å². The van der Waals surface area contributed by atoms with Crippen LogP contribution in [0.15, 0.2) is 49.1 Å². The summed E-state index contributed by atoms with van der Waals surface area (Å²) >= 11 is 5.96. The molecule has 0 bridgehead atoms. The van der Waals surface area contributed by atoms with E-state index < -0.39 is 0 Å².